The Hall–Kier alpha value is -1.38. The second-order valence-electron chi connectivity index (χ2n) is 4.93. The third kappa shape index (κ3) is 2.90. The minimum atomic E-state index is -3.63. The number of hydrogen-bond donors (Lipinski definition) is 0. The van der Waals surface area contributed by atoms with Gasteiger partial charge in [0.1, 0.15) is 4.90 Å². The van der Waals surface area contributed by atoms with E-state index < -0.39 is 10.0 Å². The van der Waals surface area contributed by atoms with Crippen LogP contribution in [0.3, 0.4) is 0 Å². The smallest absolute Gasteiger partial charge is 0.246 e. The first-order valence-corrected chi connectivity index (χ1v) is 8.83. The van der Waals surface area contributed by atoms with Crippen molar-refractivity contribution >= 4 is 21.6 Å². The van der Waals surface area contributed by atoms with Crippen LogP contribution < -0.4 is 0 Å². The molecule has 2 aromatic rings. The third-order valence-corrected chi connectivity index (χ3v) is 5.84. The van der Waals surface area contributed by atoms with Crippen LogP contribution >= 0.6 is 11.6 Å². The zero-order valence-corrected chi connectivity index (χ0v) is 14.7. The van der Waals surface area contributed by atoms with Crippen molar-refractivity contribution < 1.29 is 8.42 Å². The van der Waals surface area contributed by atoms with Gasteiger partial charge in [0, 0.05) is 20.1 Å². The van der Waals surface area contributed by atoms with Crippen LogP contribution in [0.1, 0.15) is 25.2 Å². The average Bonchev–Trinajstić information content (AvgIpc) is 3.02. The third-order valence-electron chi connectivity index (χ3n) is 3.62. The van der Waals surface area contributed by atoms with Gasteiger partial charge in [0.2, 0.25) is 10.0 Å². The van der Waals surface area contributed by atoms with Gasteiger partial charge in [-0.15, -0.1) is 0 Å². The highest BCUT2D eigenvalue weighted by Gasteiger charge is 2.27. The van der Waals surface area contributed by atoms with E-state index in [1.165, 1.54) is 23.7 Å². The molecule has 2 aromatic heterocycles. The SMILES string of the molecule is CCn1ncc(S(=O)(=O)N(C)Cc2c(Cl)cnn2CC)c1C. The van der Waals surface area contributed by atoms with Crippen LogP contribution in [0.15, 0.2) is 17.3 Å². The van der Waals surface area contributed by atoms with Gasteiger partial charge in [-0.05, 0) is 20.8 Å². The molecule has 7 nitrogen and oxygen atoms in total. The number of aryl methyl sites for hydroxylation is 2. The summed E-state index contributed by atoms with van der Waals surface area (Å²) in [5.74, 6) is 0. The van der Waals surface area contributed by atoms with E-state index in [9.17, 15) is 8.42 Å². The molecule has 0 saturated heterocycles. The highest BCUT2D eigenvalue weighted by molar-refractivity contribution is 7.89. The molecule has 2 rings (SSSR count). The van der Waals surface area contributed by atoms with Crippen LogP contribution in [0.2, 0.25) is 5.02 Å². The van der Waals surface area contributed by atoms with E-state index in [2.05, 4.69) is 10.2 Å². The van der Waals surface area contributed by atoms with Crippen molar-refractivity contribution in [2.24, 2.45) is 0 Å². The van der Waals surface area contributed by atoms with Crippen LogP contribution in [0.5, 0.6) is 0 Å². The van der Waals surface area contributed by atoms with E-state index in [0.717, 1.165) is 0 Å². The Bertz CT molecular complexity index is 765. The molecule has 0 aliphatic carbocycles. The summed E-state index contributed by atoms with van der Waals surface area (Å²) in [5, 5.41) is 8.69. The van der Waals surface area contributed by atoms with Gasteiger partial charge in [-0.25, -0.2) is 8.42 Å². The molecule has 0 atom stereocenters. The fourth-order valence-corrected chi connectivity index (χ4v) is 3.77. The molecule has 0 aliphatic rings. The first-order valence-electron chi connectivity index (χ1n) is 7.01. The van der Waals surface area contributed by atoms with Gasteiger partial charge in [0.05, 0.1) is 35.3 Å². The van der Waals surface area contributed by atoms with Gasteiger partial charge in [-0.1, -0.05) is 11.6 Å². The number of nitrogens with zero attached hydrogens (tertiary/aromatic N) is 5. The summed E-state index contributed by atoms with van der Waals surface area (Å²) < 4.78 is 30.1. The van der Waals surface area contributed by atoms with E-state index >= 15 is 0 Å². The van der Waals surface area contributed by atoms with E-state index in [-0.39, 0.29) is 11.4 Å². The van der Waals surface area contributed by atoms with Crippen molar-refractivity contribution in [3.63, 3.8) is 0 Å². The molecule has 0 aromatic carbocycles. The van der Waals surface area contributed by atoms with E-state index in [1.54, 1.807) is 16.3 Å². The number of halogens is 1. The molecule has 122 valence electrons. The minimum absolute atomic E-state index is 0.158. The molecule has 0 unspecified atom stereocenters. The standard InChI is InChI=1S/C13H20ClN5O2S/c1-5-18-10(3)13(8-16-18)22(20,21)17(4)9-12-11(14)7-15-19(12)6-2/h7-8H,5-6,9H2,1-4H3. The predicted molar refractivity (Wildman–Crippen MR) is 84.2 cm³/mol. The van der Waals surface area contributed by atoms with Crippen molar-refractivity contribution in [2.75, 3.05) is 7.05 Å². The molecule has 0 fully saturated rings. The topological polar surface area (TPSA) is 73.0 Å². The van der Waals surface area contributed by atoms with Crippen molar-refractivity contribution in [2.45, 2.75) is 45.3 Å². The van der Waals surface area contributed by atoms with Crippen molar-refractivity contribution in [3.8, 4) is 0 Å². The zero-order valence-electron chi connectivity index (χ0n) is 13.1. The van der Waals surface area contributed by atoms with Crippen LogP contribution in [-0.4, -0.2) is 39.3 Å². The van der Waals surface area contributed by atoms with Gasteiger partial charge in [0.25, 0.3) is 0 Å². The quantitative estimate of drug-likeness (QED) is 0.801. The lowest BCUT2D eigenvalue weighted by atomic mass is 10.4. The molecule has 0 saturated carbocycles. The summed E-state index contributed by atoms with van der Waals surface area (Å²) in [6.07, 6.45) is 2.92. The fourth-order valence-electron chi connectivity index (χ4n) is 2.28. The molecule has 0 spiro atoms. The number of sulfonamides is 1. The van der Waals surface area contributed by atoms with E-state index in [1.807, 2.05) is 13.8 Å². The van der Waals surface area contributed by atoms with Gasteiger partial charge >= 0.3 is 0 Å². The number of aromatic nitrogens is 4. The molecule has 0 aliphatic heterocycles. The summed E-state index contributed by atoms with van der Waals surface area (Å²) in [4.78, 5) is 0.218. The molecule has 0 radical (unpaired) electrons. The second kappa shape index (κ2) is 6.39. The van der Waals surface area contributed by atoms with Crippen molar-refractivity contribution in [1.82, 2.24) is 23.9 Å². The summed E-state index contributed by atoms with van der Waals surface area (Å²) in [5.41, 5.74) is 1.31. The van der Waals surface area contributed by atoms with Crippen LogP contribution in [0.4, 0.5) is 0 Å². The summed E-state index contributed by atoms with van der Waals surface area (Å²) >= 11 is 6.10. The first-order chi connectivity index (χ1) is 10.3. The predicted octanol–water partition coefficient (Wildman–Crippen LogP) is 1.90. The first kappa shape index (κ1) is 17.0. The number of hydrogen-bond acceptors (Lipinski definition) is 4. The van der Waals surface area contributed by atoms with Crippen LogP contribution in [0, 0.1) is 6.92 Å². The lowest BCUT2D eigenvalue weighted by Crippen LogP contribution is -2.28. The van der Waals surface area contributed by atoms with Crippen molar-refractivity contribution in [1.29, 1.82) is 0 Å². The largest absolute Gasteiger partial charge is 0.269 e. The Balaban J connectivity index is 2.33. The summed E-state index contributed by atoms with van der Waals surface area (Å²) in [7, 11) is -2.10. The minimum Gasteiger partial charge on any atom is -0.269 e. The summed E-state index contributed by atoms with van der Waals surface area (Å²) in [6.45, 7) is 7.00. The molecule has 0 amide bonds. The highest BCUT2D eigenvalue weighted by Crippen LogP contribution is 2.23. The van der Waals surface area contributed by atoms with Gasteiger partial charge in [-0.3, -0.25) is 9.36 Å². The van der Waals surface area contributed by atoms with Gasteiger partial charge < -0.3 is 0 Å². The Morgan fingerprint density at radius 3 is 2.32 bits per heavy atom. The monoisotopic (exact) mass is 345 g/mol. The molecule has 22 heavy (non-hydrogen) atoms. The lowest BCUT2D eigenvalue weighted by molar-refractivity contribution is 0.446. The molecule has 0 N–H and O–H groups in total. The highest BCUT2D eigenvalue weighted by atomic mass is 35.5. The van der Waals surface area contributed by atoms with E-state index in [4.69, 9.17) is 11.6 Å². The maximum Gasteiger partial charge on any atom is 0.246 e. The summed E-state index contributed by atoms with van der Waals surface area (Å²) in [6, 6.07) is 0. The zero-order chi connectivity index (χ0) is 16.5. The average molecular weight is 346 g/mol. The Morgan fingerprint density at radius 2 is 1.77 bits per heavy atom. The molecule has 9 heteroatoms. The van der Waals surface area contributed by atoms with Crippen LogP contribution in [0.25, 0.3) is 0 Å². The van der Waals surface area contributed by atoms with Crippen molar-refractivity contribution in [3.05, 3.63) is 28.8 Å². The van der Waals surface area contributed by atoms with Gasteiger partial charge in [0.15, 0.2) is 0 Å². The maximum absolute atomic E-state index is 12.7. The fraction of sp³-hybridized carbons (Fsp3) is 0.538. The van der Waals surface area contributed by atoms with E-state index in [0.29, 0.717) is 29.5 Å². The Kier molecular flexibility index (Phi) is 4.93. The van der Waals surface area contributed by atoms with Crippen LogP contribution in [-0.2, 0) is 29.7 Å². The Labute approximate surface area is 135 Å². The Morgan fingerprint density at radius 1 is 1.18 bits per heavy atom. The molecular formula is C13H20ClN5O2S. The maximum atomic E-state index is 12.7. The van der Waals surface area contributed by atoms with Gasteiger partial charge in [-0.2, -0.15) is 14.5 Å². The second-order valence-corrected chi connectivity index (χ2v) is 7.35. The lowest BCUT2D eigenvalue weighted by Gasteiger charge is -2.17. The molecule has 2 heterocycles. The molecule has 0 bridgehead atoms. The molecular weight excluding hydrogens is 326 g/mol. The normalized spacial score (nSPS) is 12.3. The number of rotatable bonds is 6.